The minimum Gasteiger partial charge on any atom is -0.336 e. The van der Waals surface area contributed by atoms with E-state index in [-0.39, 0.29) is 5.91 Å². The first kappa shape index (κ1) is 20.9. The molecular weight excluding hydrogens is 376 g/mol. The van der Waals surface area contributed by atoms with Gasteiger partial charge in [-0.1, -0.05) is 25.1 Å². The first-order chi connectivity index (χ1) is 13.9. The number of hydrogen-bond acceptors (Lipinski definition) is 3. The standard InChI is InChI=1S/C22H25F2N3O2/c1-3-16-7-9-17(10-8-16)22(29)27-13-11-26(12-14-27)15(2)21(28)25-20-18(23)5-4-6-19(20)24/h4-10,15H,3,11-14H2,1-2H3,(H,25,28). The van der Waals surface area contributed by atoms with Crippen molar-refractivity contribution in [1.29, 1.82) is 0 Å². The van der Waals surface area contributed by atoms with E-state index >= 15 is 0 Å². The molecule has 5 nitrogen and oxygen atoms in total. The molecule has 0 spiro atoms. The average molecular weight is 401 g/mol. The van der Waals surface area contributed by atoms with Gasteiger partial charge in [0.25, 0.3) is 5.91 Å². The van der Waals surface area contributed by atoms with Gasteiger partial charge in [0.2, 0.25) is 5.91 Å². The SMILES string of the molecule is CCc1ccc(C(=O)N2CCN(C(C)C(=O)Nc3c(F)cccc3F)CC2)cc1. The van der Waals surface area contributed by atoms with Crippen molar-refractivity contribution in [2.45, 2.75) is 26.3 Å². The van der Waals surface area contributed by atoms with Crippen molar-refractivity contribution >= 4 is 17.5 Å². The summed E-state index contributed by atoms with van der Waals surface area (Å²) in [7, 11) is 0. The lowest BCUT2D eigenvalue weighted by Crippen LogP contribution is -2.54. The molecular formula is C22H25F2N3O2. The molecule has 2 aromatic carbocycles. The molecule has 154 valence electrons. The molecule has 1 aliphatic rings. The summed E-state index contributed by atoms with van der Waals surface area (Å²) in [5, 5.41) is 2.34. The van der Waals surface area contributed by atoms with Crippen molar-refractivity contribution in [2.24, 2.45) is 0 Å². The van der Waals surface area contributed by atoms with E-state index in [4.69, 9.17) is 0 Å². The van der Waals surface area contributed by atoms with Gasteiger partial charge in [-0.3, -0.25) is 14.5 Å². The number of benzene rings is 2. The number of hydrogen-bond donors (Lipinski definition) is 1. The van der Waals surface area contributed by atoms with Gasteiger partial charge in [0.1, 0.15) is 17.3 Å². The molecule has 2 amide bonds. The van der Waals surface area contributed by atoms with Crippen molar-refractivity contribution < 1.29 is 18.4 Å². The summed E-state index contributed by atoms with van der Waals surface area (Å²) in [4.78, 5) is 28.8. The largest absolute Gasteiger partial charge is 0.336 e. The zero-order valence-corrected chi connectivity index (χ0v) is 16.6. The third kappa shape index (κ3) is 4.79. The molecule has 1 aliphatic heterocycles. The summed E-state index contributed by atoms with van der Waals surface area (Å²) in [5.74, 6) is -2.13. The number of carbonyl (C=O) groups excluding carboxylic acids is 2. The van der Waals surface area contributed by atoms with Gasteiger partial charge in [-0.25, -0.2) is 8.78 Å². The van der Waals surface area contributed by atoms with Crippen molar-refractivity contribution in [1.82, 2.24) is 9.80 Å². The number of anilines is 1. The molecule has 7 heteroatoms. The van der Waals surface area contributed by atoms with Gasteiger partial charge in [0, 0.05) is 31.7 Å². The lowest BCUT2D eigenvalue weighted by molar-refractivity contribution is -0.121. The van der Waals surface area contributed by atoms with Crippen LogP contribution in [0.4, 0.5) is 14.5 Å². The van der Waals surface area contributed by atoms with Crippen LogP contribution < -0.4 is 5.32 Å². The predicted octanol–water partition coefficient (Wildman–Crippen LogP) is 3.31. The van der Waals surface area contributed by atoms with Crippen LogP contribution in [0.3, 0.4) is 0 Å². The van der Waals surface area contributed by atoms with Crippen LogP contribution in [0.15, 0.2) is 42.5 Å². The van der Waals surface area contributed by atoms with Gasteiger partial charge in [-0.15, -0.1) is 0 Å². The molecule has 1 heterocycles. The molecule has 0 radical (unpaired) electrons. The van der Waals surface area contributed by atoms with Crippen LogP contribution in [0.1, 0.15) is 29.8 Å². The summed E-state index contributed by atoms with van der Waals surface area (Å²) in [6, 6.07) is 10.5. The maximum atomic E-state index is 13.8. The Kier molecular flexibility index (Phi) is 6.59. The highest BCUT2D eigenvalue weighted by Crippen LogP contribution is 2.19. The maximum absolute atomic E-state index is 13.8. The molecule has 1 fully saturated rings. The number of piperazine rings is 1. The Labute approximate surface area is 169 Å². The van der Waals surface area contributed by atoms with E-state index in [1.165, 1.54) is 11.6 Å². The molecule has 0 bridgehead atoms. The van der Waals surface area contributed by atoms with Crippen LogP contribution in [0.5, 0.6) is 0 Å². The van der Waals surface area contributed by atoms with Gasteiger partial charge in [0.05, 0.1) is 6.04 Å². The second kappa shape index (κ2) is 9.13. The van der Waals surface area contributed by atoms with Gasteiger partial charge in [-0.2, -0.15) is 0 Å². The Bertz CT molecular complexity index is 858. The second-order valence-corrected chi connectivity index (χ2v) is 7.14. The van der Waals surface area contributed by atoms with Crippen LogP contribution >= 0.6 is 0 Å². The third-order valence-corrected chi connectivity index (χ3v) is 5.35. The topological polar surface area (TPSA) is 52.7 Å². The van der Waals surface area contributed by atoms with E-state index in [0.29, 0.717) is 31.7 Å². The van der Waals surface area contributed by atoms with Gasteiger partial charge in [0.15, 0.2) is 0 Å². The van der Waals surface area contributed by atoms with E-state index in [0.717, 1.165) is 18.6 Å². The Morgan fingerprint density at radius 1 is 1.00 bits per heavy atom. The van der Waals surface area contributed by atoms with Crippen LogP contribution in [0.25, 0.3) is 0 Å². The maximum Gasteiger partial charge on any atom is 0.253 e. The average Bonchev–Trinajstić information content (AvgIpc) is 2.75. The summed E-state index contributed by atoms with van der Waals surface area (Å²) in [5.41, 5.74) is 1.39. The molecule has 1 N–H and O–H groups in total. The van der Waals surface area contributed by atoms with Gasteiger partial charge >= 0.3 is 0 Å². The van der Waals surface area contributed by atoms with Crippen LogP contribution in [-0.4, -0.2) is 53.8 Å². The highest BCUT2D eigenvalue weighted by Gasteiger charge is 2.28. The van der Waals surface area contributed by atoms with Gasteiger partial charge in [-0.05, 0) is 43.2 Å². The zero-order valence-electron chi connectivity index (χ0n) is 16.6. The molecule has 0 aliphatic carbocycles. The fourth-order valence-corrected chi connectivity index (χ4v) is 3.39. The lowest BCUT2D eigenvalue weighted by atomic mass is 10.1. The van der Waals surface area contributed by atoms with Crippen molar-refractivity contribution in [2.75, 3.05) is 31.5 Å². The number of aryl methyl sites for hydroxylation is 1. The highest BCUT2D eigenvalue weighted by molar-refractivity contribution is 5.95. The number of para-hydroxylation sites is 1. The normalized spacial score (nSPS) is 15.8. The van der Waals surface area contributed by atoms with Gasteiger partial charge < -0.3 is 10.2 Å². The smallest absolute Gasteiger partial charge is 0.253 e. The zero-order chi connectivity index (χ0) is 21.0. The molecule has 2 aromatic rings. The molecule has 1 atom stereocenters. The minimum atomic E-state index is -0.810. The summed E-state index contributed by atoms with van der Waals surface area (Å²) < 4.78 is 27.5. The second-order valence-electron chi connectivity index (χ2n) is 7.14. The Balaban J connectivity index is 1.56. The Morgan fingerprint density at radius 2 is 1.59 bits per heavy atom. The lowest BCUT2D eigenvalue weighted by Gasteiger charge is -2.37. The summed E-state index contributed by atoms with van der Waals surface area (Å²) >= 11 is 0. The van der Waals surface area contributed by atoms with Crippen LogP contribution in [0, 0.1) is 11.6 Å². The van der Waals surface area contributed by atoms with E-state index in [1.807, 2.05) is 29.2 Å². The molecule has 0 saturated carbocycles. The van der Waals surface area contributed by atoms with Crippen LogP contribution in [-0.2, 0) is 11.2 Å². The Hall–Kier alpha value is -2.80. The monoisotopic (exact) mass is 401 g/mol. The summed E-state index contributed by atoms with van der Waals surface area (Å²) in [6.45, 7) is 5.74. The number of nitrogens with one attached hydrogen (secondary N) is 1. The van der Waals surface area contributed by atoms with Crippen molar-refractivity contribution in [3.8, 4) is 0 Å². The Morgan fingerprint density at radius 3 is 2.14 bits per heavy atom. The number of carbonyl (C=O) groups is 2. The fourth-order valence-electron chi connectivity index (χ4n) is 3.39. The van der Waals surface area contributed by atoms with E-state index in [2.05, 4.69) is 12.2 Å². The number of halogens is 2. The predicted molar refractivity (Wildman–Crippen MR) is 108 cm³/mol. The van der Waals surface area contributed by atoms with Crippen LogP contribution in [0.2, 0.25) is 0 Å². The van der Waals surface area contributed by atoms with Crippen molar-refractivity contribution in [3.63, 3.8) is 0 Å². The summed E-state index contributed by atoms with van der Waals surface area (Å²) in [6.07, 6.45) is 0.921. The van der Waals surface area contributed by atoms with E-state index in [1.54, 1.807) is 11.8 Å². The third-order valence-electron chi connectivity index (χ3n) is 5.35. The fraction of sp³-hybridized carbons (Fsp3) is 0.364. The number of rotatable bonds is 5. The first-order valence-corrected chi connectivity index (χ1v) is 9.77. The number of amides is 2. The molecule has 1 unspecified atom stereocenters. The van der Waals surface area contributed by atoms with Crippen molar-refractivity contribution in [3.05, 3.63) is 65.2 Å². The molecule has 29 heavy (non-hydrogen) atoms. The van der Waals surface area contributed by atoms with E-state index < -0.39 is 29.3 Å². The first-order valence-electron chi connectivity index (χ1n) is 9.77. The quantitative estimate of drug-likeness (QED) is 0.836. The highest BCUT2D eigenvalue weighted by atomic mass is 19.1. The molecule has 1 saturated heterocycles. The molecule has 3 rings (SSSR count). The molecule has 0 aromatic heterocycles. The van der Waals surface area contributed by atoms with E-state index in [9.17, 15) is 18.4 Å². The minimum absolute atomic E-state index is 0.0298. The number of nitrogens with zero attached hydrogens (tertiary/aromatic N) is 2.